The molecule has 0 saturated heterocycles. The average molecular weight is 350 g/mol. The number of hydrogen-bond acceptors (Lipinski definition) is 5. The van der Waals surface area contributed by atoms with Crippen LogP contribution in [0.5, 0.6) is 5.75 Å². The number of methoxy groups -OCH3 is 1. The van der Waals surface area contributed by atoms with Gasteiger partial charge < -0.3 is 19.6 Å². The molecule has 1 aromatic heterocycles. The third kappa shape index (κ3) is 3.38. The zero-order chi connectivity index (χ0) is 16.4. The summed E-state index contributed by atoms with van der Waals surface area (Å²) in [4.78, 5) is 12.7. The zero-order valence-electron chi connectivity index (χ0n) is 13.5. The molecule has 0 radical (unpaired) electrons. The fraction of sp³-hybridized carbons (Fsp3) is 0.278. The van der Waals surface area contributed by atoms with E-state index in [0.717, 1.165) is 5.56 Å². The molecular formula is C18H20ClNO4. The molecule has 0 amide bonds. The summed E-state index contributed by atoms with van der Waals surface area (Å²) in [5, 5.41) is 13.4. The lowest BCUT2D eigenvalue weighted by Crippen LogP contribution is -2.28. The van der Waals surface area contributed by atoms with Gasteiger partial charge in [-0.05, 0) is 25.1 Å². The van der Waals surface area contributed by atoms with Crippen molar-refractivity contribution in [2.24, 2.45) is 0 Å². The van der Waals surface area contributed by atoms with E-state index in [1.165, 1.54) is 0 Å². The van der Waals surface area contributed by atoms with Gasteiger partial charge in [-0.2, -0.15) is 0 Å². The molecule has 2 aromatic carbocycles. The molecule has 1 atom stereocenters. The third-order valence-corrected chi connectivity index (χ3v) is 3.90. The molecule has 0 bridgehead atoms. The maximum atomic E-state index is 12.7. The van der Waals surface area contributed by atoms with Gasteiger partial charge in [-0.15, -0.1) is 12.4 Å². The first-order valence-electron chi connectivity index (χ1n) is 7.50. The summed E-state index contributed by atoms with van der Waals surface area (Å²) in [6.45, 7) is 2.45. The van der Waals surface area contributed by atoms with Gasteiger partial charge in [-0.1, -0.05) is 12.1 Å². The van der Waals surface area contributed by atoms with Gasteiger partial charge in [0.25, 0.3) is 0 Å². The molecule has 0 aliphatic heterocycles. The molecule has 1 heterocycles. The molecule has 0 aliphatic rings. The highest BCUT2D eigenvalue weighted by Crippen LogP contribution is 2.24. The van der Waals surface area contributed by atoms with E-state index in [2.05, 4.69) is 5.32 Å². The third-order valence-electron chi connectivity index (χ3n) is 3.90. The summed E-state index contributed by atoms with van der Waals surface area (Å²) >= 11 is 0. The van der Waals surface area contributed by atoms with Crippen molar-refractivity contribution in [1.82, 2.24) is 5.32 Å². The lowest BCUT2D eigenvalue weighted by Gasteiger charge is -2.12. The van der Waals surface area contributed by atoms with Gasteiger partial charge in [0, 0.05) is 24.2 Å². The number of nitrogens with one attached hydrogen (secondary N) is 1. The number of para-hydroxylation sites is 1. The van der Waals surface area contributed by atoms with Crippen molar-refractivity contribution >= 4 is 34.3 Å². The van der Waals surface area contributed by atoms with Crippen LogP contribution in [0.1, 0.15) is 12.5 Å². The number of fused-ring (bicyclic) bond motifs is 2. The average Bonchev–Trinajstić information content (AvgIpc) is 2.59. The summed E-state index contributed by atoms with van der Waals surface area (Å²) < 4.78 is 11.2. The number of aliphatic hydroxyl groups is 1. The largest absolute Gasteiger partial charge is 0.497 e. The van der Waals surface area contributed by atoms with Crippen molar-refractivity contribution in [3.63, 3.8) is 0 Å². The molecule has 3 aromatic rings. The minimum Gasteiger partial charge on any atom is -0.497 e. The Morgan fingerprint density at radius 1 is 1.25 bits per heavy atom. The van der Waals surface area contributed by atoms with Gasteiger partial charge in [0.15, 0.2) is 0 Å². The van der Waals surface area contributed by atoms with Crippen molar-refractivity contribution in [3.8, 4) is 5.75 Å². The Labute approximate surface area is 145 Å². The predicted molar refractivity (Wildman–Crippen MR) is 97.2 cm³/mol. The normalized spacial score (nSPS) is 12.1. The summed E-state index contributed by atoms with van der Waals surface area (Å²) in [5.74, 6) is 0.643. The maximum Gasteiger partial charge on any atom is 0.200 e. The number of benzene rings is 2. The molecule has 0 saturated carbocycles. The molecule has 2 N–H and O–H groups in total. The highest BCUT2D eigenvalue weighted by atomic mass is 35.5. The second-order valence-electron chi connectivity index (χ2n) is 5.55. The Morgan fingerprint density at radius 3 is 2.75 bits per heavy atom. The summed E-state index contributed by atoms with van der Waals surface area (Å²) in [6, 6.07) is 10.7. The fourth-order valence-corrected chi connectivity index (χ4v) is 2.53. The van der Waals surface area contributed by atoms with Crippen molar-refractivity contribution in [2.75, 3.05) is 13.7 Å². The maximum absolute atomic E-state index is 12.7. The lowest BCUT2D eigenvalue weighted by molar-refractivity contribution is 0.251. The second kappa shape index (κ2) is 7.66. The van der Waals surface area contributed by atoms with Crippen LogP contribution < -0.4 is 15.5 Å². The Balaban J connectivity index is 0.00000208. The molecule has 0 aliphatic carbocycles. The fourth-order valence-electron chi connectivity index (χ4n) is 2.53. The van der Waals surface area contributed by atoms with Gasteiger partial charge >= 0.3 is 0 Å². The number of aliphatic hydroxyl groups excluding tert-OH is 1. The highest BCUT2D eigenvalue weighted by molar-refractivity contribution is 5.91. The van der Waals surface area contributed by atoms with Gasteiger partial charge in [-0.3, -0.25) is 4.79 Å². The van der Waals surface area contributed by atoms with Gasteiger partial charge in [-0.25, -0.2) is 0 Å². The van der Waals surface area contributed by atoms with E-state index in [0.29, 0.717) is 34.2 Å². The number of ether oxygens (including phenoxy) is 1. The van der Waals surface area contributed by atoms with Crippen LogP contribution in [0.3, 0.4) is 0 Å². The van der Waals surface area contributed by atoms with Gasteiger partial charge in [0.05, 0.1) is 24.5 Å². The highest BCUT2D eigenvalue weighted by Gasteiger charge is 2.12. The predicted octanol–water partition coefficient (Wildman–Crippen LogP) is 2.85. The number of hydrogen-bond donors (Lipinski definition) is 2. The van der Waals surface area contributed by atoms with Gasteiger partial charge in [0.2, 0.25) is 5.43 Å². The summed E-state index contributed by atoms with van der Waals surface area (Å²) in [6.07, 6.45) is 0. The van der Waals surface area contributed by atoms with Crippen LogP contribution in [0.2, 0.25) is 0 Å². The lowest BCUT2D eigenvalue weighted by atomic mass is 10.1. The van der Waals surface area contributed by atoms with Crippen LogP contribution in [-0.4, -0.2) is 24.9 Å². The van der Waals surface area contributed by atoms with E-state index in [-0.39, 0.29) is 30.5 Å². The van der Waals surface area contributed by atoms with E-state index in [1.807, 2.05) is 19.1 Å². The van der Waals surface area contributed by atoms with Crippen molar-refractivity contribution in [3.05, 3.63) is 52.2 Å². The molecule has 5 nitrogen and oxygen atoms in total. The van der Waals surface area contributed by atoms with Crippen molar-refractivity contribution in [1.29, 1.82) is 0 Å². The van der Waals surface area contributed by atoms with E-state index < -0.39 is 0 Å². The summed E-state index contributed by atoms with van der Waals surface area (Å²) in [7, 11) is 1.58. The van der Waals surface area contributed by atoms with Crippen LogP contribution in [0.15, 0.2) is 45.6 Å². The molecule has 128 valence electrons. The number of rotatable bonds is 5. The molecule has 0 spiro atoms. The minimum atomic E-state index is -0.0547. The monoisotopic (exact) mass is 349 g/mol. The quantitative estimate of drug-likeness (QED) is 0.693. The van der Waals surface area contributed by atoms with Crippen LogP contribution in [-0.2, 0) is 6.54 Å². The standard InChI is InChI=1S/C18H19NO4.ClH/c1-11(10-20)19-9-12-4-3-5-15-17(21)14-7-6-13(22-2)8-16(14)23-18(12)15;/h3-8,11,19-20H,9-10H2,1-2H3;1H. The van der Waals surface area contributed by atoms with E-state index in [1.54, 1.807) is 31.4 Å². The van der Waals surface area contributed by atoms with Crippen LogP contribution in [0, 0.1) is 0 Å². The van der Waals surface area contributed by atoms with E-state index in [4.69, 9.17) is 14.3 Å². The van der Waals surface area contributed by atoms with Gasteiger partial charge in [0.1, 0.15) is 16.9 Å². The molecular weight excluding hydrogens is 330 g/mol. The Bertz CT molecular complexity index is 907. The first kappa shape index (κ1) is 18.3. The van der Waals surface area contributed by atoms with E-state index in [9.17, 15) is 4.79 Å². The zero-order valence-corrected chi connectivity index (χ0v) is 14.4. The molecule has 24 heavy (non-hydrogen) atoms. The van der Waals surface area contributed by atoms with Crippen molar-refractivity contribution in [2.45, 2.75) is 19.5 Å². The van der Waals surface area contributed by atoms with Crippen molar-refractivity contribution < 1.29 is 14.3 Å². The Kier molecular flexibility index (Phi) is 5.83. The molecule has 1 unspecified atom stereocenters. The van der Waals surface area contributed by atoms with E-state index >= 15 is 0 Å². The second-order valence-corrected chi connectivity index (χ2v) is 5.55. The summed E-state index contributed by atoms with van der Waals surface area (Å²) in [5.41, 5.74) is 1.89. The van der Waals surface area contributed by atoms with Crippen LogP contribution in [0.25, 0.3) is 21.9 Å². The molecule has 3 rings (SSSR count). The molecule has 6 heteroatoms. The van der Waals surface area contributed by atoms with Crippen LogP contribution in [0.4, 0.5) is 0 Å². The minimum absolute atomic E-state index is 0. The SMILES string of the molecule is COc1ccc2c(=O)c3cccc(CNC(C)CO)c3oc2c1.Cl. The number of halogens is 1. The van der Waals surface area contributed by atoms with Crippen LogP contribution >= 0.6 is 12.4 Å². The topological polar surface area (TPSA) is 71.7 Å². The first-order chi connectivity index (χ1) is 11.1. The Morgan fingerprint density at radius 2 is 2.04 bits per heavy atom. The Hall–Kier alpha value is -2.08. The first-order valence-corrected chi connectivity index (χ1v) is 7.50. The smallest absolute Gasteiger partial charge is 0.200 e. The molecule has 0 fully saturated rings.